The Morgan fingerprint density at radius 2 is 1.55 bits per heavy atom. The maximum atomic E-state index is 12.7. The maximum Gasteiger partial charge on any atom is 0.573 e. The van der Waals surface area contributed by atoms with Gasteiger partial charge in [-0.25, -0.2) is 13.9 Å². The lowest BCUT2D eigenvalue weighted by Gasteiger charge is -2.28. The van der Waals surface area contributed by atoms with E-state index in [-0.39, 0.29) is 22.1 Å². The lowest BCUT2D eigenvalue weighted by atomic mass is 10.2. The zero-order valence-corrected chi connectivity index (χ0v) is 18.4. The molecule has 0 spiro atoms. The van der Waals surface area contributed by atoms with E-state index in [4.69, 9.17) is 9.47 Å². The molecular weight excluding hydrogens is 465 g/mol. The number of benzene rings is 2. The van der Waals surface area contributed by atoms with Crippen molar-refractivity contribution in [2.45, 2.75) is 23.7 Å². The van der Waals surface area contributed by atoms with E-state index in [9.17, 15) is 26.8 Å². The largest absolute Gasteiger partial charge is 0.573 e. The Hall–Kier alpha value is -2.38. The van der Waals surface area contributed by atoms with Gasteiger partial charge >= 0.3 is 6.36 Å². The van der Waals surface area contributed by atoms with E-state index < -0.39 is 22.2 Å². The summed E-state index contributed by atoms with van der Waals surface area (Å²) in [6, 6.07) is 9.84. The number of nitrogens with zero attached hydrogens (tertiary/aromatic N) is 1. The van der Waals surface area contributed by atoms with Crippen molar-refractivity contribution in [1.29, 1.82) is 0 Å². The summed E-state index contributed by atoms with van der Waals surface area (Å²) in [4.78, 5) is 2.21. The van der Waals surface area contributed by atoms with E-state index in [1.54, 1.807) is 0 Å². The molecule has 3 rings (SSSR count). The second-order valence-electron chi connectivity index (χ2n) is 7.44. The minimum Gasteiger partial charge on any atom is -0.457 e. The van der Waals surface area contributed by atoms with E-state index in [2.05, 4.69) is 15.1 Å². The van der Waals surface area contributed by atoms with Gasteiger partial charge in [-0.05, 0) is 61.5 Å². The van der Waals surface area contributed by atoms with E-state index in [0.717, 1.165) is 25.2 Å². The molecule has 1 aliphatic rings. The lowest BCUT2D eigenvalue weighted by molar-refractivity contribution is -0.274. The van der Waals surface area contributed by atoms with Gasteiger partial charge in [-0.15, -0.1) is 13.2 Å². The molecule has 0 aliphatic carbocycles. The molecule has 2 N–H and O–H groups in total. The second-order valence-corrected chi connectivity index (χ2v) is 9.48. The zero-order chi connectivity index (χ0) is 23.9. The molecule has 0 amide bonds. The molecule has 33 heavy (non-hydrogen) atoms. The van der Waals surface area contributed by atoms with Crippen LogP contribution in [0.2, 0.25) is 0 Å². The van der Waals surface area contributed by atoms with Crippen molar-refractivity contribution in [1.82, 2.24) is 10.4 Å². The van der Waals surface area contributed by atoms with Crippen LogP contribution in [-0.4, -0.2) is 69.5 Å². The number of sulfone groups is 1. The van der Waals surface area contributed by atoms with Crippen molar-refractivity contribution in [3.8, 4) is 17.2 Å². The minimum atomic E-state index is -4.78. The highest BCUT2D eigenvalue weighted by Crippen LogP contribution is 2.28. The smallest absolute Gasteiger partial charge is 0.457 e. The Bertz CT molecular complexity index is 979. The summed E-state index contributed by atoms with van der Waals surface area (Å²) in [6.07, 6.45) is -4.33. The molecule has 0 radical (unpaired) electrons. The van der Waals surface area contributed by atoms with Crippen LogP contribution in [0.15, 0.2) is 53.4 Å². The molecule has 8 nitrogen and oxygen atoms in total. The molecular formula is C21H25F3N2O6S. The van der Waals surface area contributed by atoms with Gasteiger partial charge in [0, 0.05) is 19.1 Å². The Kier molecular flexibility index (Phi) is 8.54. The van der Waals surface area contributed by atoms with Crippen LogP contribution in [0.5, 0.6) is 17.2 Å². The second kappa shape index (κ2) is 11.2. The fourth-order valence-corrected chi connectivity index (χ4v) is 4.78. The van der Waals surface area contributed by atoms with Gasteiger partial charge in [0.2, 0.25) is 0 Å². The molecule has 0 aromatic heterocycles. The molecule has 182 valence electrons. The molecule has 1 heterocycles. The Morgan fingerprint density at radius 1 is 1.00 bits per heavy atom. The average Bonchev–Trinajstić information content (AvgIpc) is 2.78. The summed E-state index contributed by atoms with van der Waals surface area (Å²) in [5.74, 6) is -0.0957. The number of morpholine rings is 1. The third-order valence-corrected chi connectivity index (χ3v) is 6.81. The number of hydrogen-bond donors (Lipinski definition) is 2. The van der Waals surface area contributed by atoms with Gasteiger partial charge in [0.25, 0.3) is 0 Å². The van der Waals surface area contributed by atoms with Crippen LogP contribution in [0, 0.1) is 0 Å². The molecule has 1 atom stereocenters. The van der Waals surface area contributed by atoms with Crippen LogP contribution >= 0.6 is 0 Å². The number of hydrogen-bond acceptors (Lipinski definition) is 8. The number of nitrogens with one attached hydrogen (secondary N) is 1. The summed E-state index contributed by atoms with van der Waals surface area (Å²) in [7, 11) is -3.68. The highest BCUT2D eigenvalue weighted by Gasteiger charge is 2.31. The van der Waals surface area contributed by atoms with Crippen LogP contribution in [0.1, 0.15) is 6.42 Å². The van der Waals surface area contributed by atoms with Crippen molar-refractivity contribution in [3.63, 3.8) is 0 Å². The van der Waals surface area contributed by atoms with Gasteiger partial charge in [-0.2, -0.15) is 0 Å². The van der Waals surface area contributed by atoms with Crippen LogP contribution in [-0.2, 0) is 14.6 Å². The first-order chi connectivity index (χ1) is 15.6. The lowest BCUT2D eigenvalue weighted by Crippen LogP contribution is -2.41. The fraction of sp³-hybridized carbons (Fsp3) is 0.429. The summed E-state index contributed by atoms with van der Waals surface area (Å²) >= 11 is 0. The van der Waals surface area contributed by atoms with Gasteiger partial charge in [-0.3, -0.25) is 4.90 Å². The van der Waals surface area contributed by atoms with Crippen LogP contribution in [0.3, 0.4) is 0 Å². The zero-order valence-electron chi connectivity index (χ0n) is 17.6. The monoisotopic (exact) mass is 490 g/mol. The van der Waals surface area contributed by atoms with Gasteiger partial charge in [0.1, 0.15) is 17.2 Å². The van der Waals surface area contributed by atoms with Gasteiger partial charge in [0.05, 0.1) is 23.9 Å². The number of hydroxylamine groups is 1. The van der Waals surface area contributed by atoms with E-state index in [1.807, 2.05) is 0 Å². The summed E-state index contributed by atoms with van der Waals surface area (Å²) in [5, 5.41) is 9.41. The highest BCUT2D eigenvalue weighted by atomic mass is 32.2. The maximum absolute atomic E-state index is 12.7. The van der Waals surface area contributed by atoms with E-state index >= 15 is 0 Å². The average molecular weight is 491 g/mol. The quantitative estimate of drug-likeness (QED) is 0.490. The summed E-state index contributed by atoms with van der Waals surface area (Å²) < 4.78 is 76.8. The van der Waals surface area contributed by atoms with Gasteiger partial charge in [0.15, 0.2) is 9.84 Å². The molecule has 2 aromatic rings. The number of halogens is 3. The Balaban J connectivity index is 1.56. The highest BCUT2D eigenvalue weighted by molar-refractivity contribution is 7.91. The molecule has 0 bridgehead atoms. The third kappa shape index (κ3) is 8.16. The molecule has 2 aromatic carbocycles. The van der Waals surface area contributed by atoms with Crippen molar-refractivity contribution in [2.75, 3.05) is 38.6 Å². The molecule has 1 aliphatic heterocycles. The predicted octanol–water partition coefficient (Wildman–Crippen LogP) is 3.22. The van der Waals surface area contributed by atoms with Crippen molar-refractivity contribution >= 4 is 9.84 Å². The number of alkyl halides is 3. The van der Waals surface area contributed by atoms with Gasteiger partial charge < -0.3 is 19.4 Å². The Labute approximate surface area is 189 Å². The summed E-state index contributed by atoms with van der Waals surface area (Å²) in [5.41, 5.74) is 2.09. The molecule has 1 saturated heterocycles. The van der Waals surface area contributed by atoms with E-state index in [1.165, 1.54) is 36.4 Å². The predicted molar refractivity (Wildman–Crippen MR) is 112 cm³/mol. The van der Waals surface area contributed by atoms with Crippen molar-refractivity contribution in [2.24, 2.45) is 0 Å². The molecule has 0 saturated carbocycles. The first kappa shape index (κ1) is 25.2. The van der Waals surface area contributed by atoms with E-state index in [0.29, 0.717) is 31.9 Å². The first-order valence-electron chi connectivity index (χ1n) is 10.2. The van der Waals surface area contributed by atoms with Gasteiger partial charge in [-0.1, -0.05) is 0 Å². The van der Waals surface area contributed by atoms with Crippen LogP contribution in [0.25, 0.3) is 0 Å². The third-order valence-electron chi connectivity index (χ3n) is 4.98. The fourth-order valence-electron chi connectivity index (χ4n) is 3.27. The first-order valence-corrected chi connectivity index (χ1v) is 11.9. The standard InChI is InChI=1S/C21H25F3N2O6S/c22-21(23,24)32-19-3-1-17(2-4-19)31-18-5-7-20(8-6-18)33(28,29)15-16(25-27)9-10-26-11-13-30-14-12-26/h1-8,16,25,27H,9-15H2. The molecule has 1 fully saturated rings. The normalized spacial score (nSPS) is 16.4. The SMILES string of the molecule is O=S(=O)(CC(CCN1CCOCC1)NO)c1ccc(Oc2ccc(OC(F)(F)F)cc2)cc1. The van der Waals surface area contributed by atoms with Crippen LogP contribution in [0.4, 0.5) is 13.2 Å². The molecule has 12 heteroatoms. The topological polar surface area (TPSA) is 97.3 Å². The summed E-state index contributed by atoms with van der Waals surface area (Å²) in [6.45, 7) is 3.44. The van der Waals surface area contributed by atoms with Crippen molar-refractivity contribution in [3.05, 3.63) is 48.5 Å². The molecule has 1 unspecified atom stereocenters. The Morgan fingerprint density at radius 3 is 2.09 bits per heavy atom. The number of ether oxygens (including phenoxy) is 3. The van der Waals surface area contributed by atoms with Crippen molar-refractivity contribution < 1.29 is 41.0 Å². The minimum absolute atomic E-state index is 0.0652. The number of rotatable bonds is 10. The van der Waals surface area contributed by atoms with Crippen LogP contribution < -0.4 is 15.0 Å².